The average molecular weight is 279 g/mol. The SMILES string of the molecule is CNC1CCCC1CN1CCC(CN2CCCC2)CC1. The zero-order valence-electron chi connectivity index (χ0n) is 13.3. The molecule has 3 heteroatoms. The van der Waals surface area contributed by atoms with Gasteiger partial charge in [0.05, 0.1) is 0 Å². The fourth-order valence-corrected chi connectivity index (χ4v) is 4.65. The van der Waals surface area contributed by atoms with Crippen molar-refractivity contribution in [2.75, 3.05) is 46.3 Å². The normalized spacial score (nSPS) is 34.0. The van der Waals surface area contributed by atoms with Gasteiger partial charge in [-0.2, -0.15) is 0 Å². The van der Waals surface area contributed by atoms with Gasteiger partial charge in [0.15, 0.2) is 0 Å². The molecule has 0 bridgehead atoms. The number of hydrogen-bond donors (Lipinski definition) is 1. The lowest BCUT2D eigenvalue weighted by molar-refractivity contribution is 0.133. The molecule has 0 amide bonds. The standard InChI is InChI=1S/C17H33N3/c1-18-17-6-4-5-16(17)14-20-11-7-15(8-12-20)13-19-9-2-3-10-19/h15-18H,2-14H2,1H3. The van der Waals surface area contributed by atoms with Crippen molar-refractivity contribution in [2.24, 2.45) is 11.8 Å². The van der Waals surface area contributed by atoms with E-state index in [-0.39, 0.29) is 0 Å². The monoisotopic (exact) mass is 279 g/mol. The molecule has 2 heterocycles. The van der Waals surface area contributed by atoms with E-state index in [1.165, 1.54) is 84.2 Å². The molecule has 0 aromatic heterocycles. The first-order valence-electron chi connectivity index (χ1n) is 8.97. The van der Waals surface area contributed by atoms with Crippen molar-refractivity contribution in [1.29, 1.82) is 0 Å². The minimum Gasteiger partial charge on any atom is -0.317 e. The van der Waals surface area contributed by atoms with Crippen molar-refractivity contribution in [3.63, 3.8) is 0 Å². The van der Waals surface area contributed by atoms with Crippen LogP contribution in [0.15, 0.2) is 0 Å². The second kappa shape index (κ2) is 7.24. The summed E-state index contributed by atoms with van der Waals surface area (Å²) in [6.45, 7) is 8.17. The average Bonchev–Trinajstić information content (AvgIpc) is 3.12. The van der Waals surface area contributed by atoms with Crippen LogP contribution in [0, 0.1) is 11.8 Å². The van der Waals surface area contributed by atoms with Crippen LogP contribution in [0.5, 0.6) is 0 Å². The molecule has 20 heavy (non-hydrogen) atoms. The summed E-state index contributed by atoms with van der Waals surface area (Å²) in [7, 11) is 2.14. The highest BCUT2D eigenvalue weighted by molar-refractivity contribution is 4.86. The first-order valence-corrected chi connectivity index (χ1v) is 8.97. The maximum absolute atomic E-state index is 3.53. The van der Waals surface area contributed by atoms with Crippen LogP contribution in [0.1, 0.15) is 44.9 Å². The van der Waals surface area contributed by atoms with Crippen molar-refractivity contribution in [3.8, 4) is 0 Å². The summed E-state index contributed by atoms with van der Waals surface area (Å²) in [5.41, 5.74) is 0. The Morgan fingerprint density at radius 2 is 1.50 bits per heavy atom. The maximum atomic E-state index is 3.53. The molecule has 2 saturated heterocycles. The van der Waals surface area contributed by atoms with Gasteiger partial charge in [0.25, 0.3) is 0 Å². The van der Waals surface area contributed by atoms with Crippen LogP contribution >= 0.6 is 0 Å². The number of nitrogens with one attached hydrogen (secondary N) is 1. The number of rotatable bonds is 5. The van der Waals surface area contributed by atoms with Gasteiger partial charge in [-0.1, -0.05) is 6.42 Å². The van der Waals surface area contributed by atoms with Crippen molar-refractivity contribution < 1.29 is 0 Å². The van der Waals surface area contributed by atoms with Crippen molar-refractivity contribution >= 4 is 0 Å². The van der Waals surface area contributed by atoms with Crippen LogP contribution in [0.2, 0.25) is 0 Å². The lowest BCUT2D eigenvalue weighted by Crippen LogP contribution is -2.43. The molecule has 2 unspecified atom stereocenters. The largest absolute Gasteiger partial charge is 0.317 e. The van der Waals surface area contributed by atoms with Gasteiger partial charge >= 0.3 is 0 Å². The van der Waals surface area contributed by atoms with Gasteiger partial charge in [0.2, 0.25) is 0 Å². The summed E-state index contributed by atoms with van der Waals surface area (Å²) in [6, 6.07) is 0.789. The summed E-state index contributed by atoms with van der Waals surface area (Å²) in [4.78, 5) is 5.45. The minimum absolute atomic E-state index is 0.789. The fourth-order valence-electron chi connectivity index (χ4n) is 4.65. The highest BCUT2D eigenvalue weighted by Crippen LogP contribution is 2.28. The van der Waals surface area contributed by atoms with Crippen LogP contribution in [0.4, 0.5) is 0 Å². The number of piperidine rings is 1. The second-order valence-corrected chi connectivity index (χ2v) is 7.34. The minimum atomic E-state index is 0.789. The number of nitrogens with zero attached hydrogens (tertiary/aromatic N) is 2. The van der Waals surface area contributed by atoms with Crippen LogP contribution in [0.25, 0.3) is 0 Å². The summed E-state index contributed by atoms with van der Waals surface area (Å²) in [5, 5.41) is 3.53. The molecule has 0 aromatic carbocycles. The third kappa shape index (κ3) is 3.75. The molecular weight excluding hydrogens is 246 g/mol. The zero-order valence-corrected chi connectivity index (χ0v) is 13.3. The Labute approximate surface area is 125 Å². The highest BCUT2D eigenvalue weighted by atomic mass is 15.2. The first kappa shape index (κ1) is 14.8. The van der Waals surface area contributed by atoms with E-state index in [0.717, 1.165) is 17.9 Å². The predicted octanol–water partition coefficient (Wildman–Crippen LogP) is 2.18. The smallest absolute Gasteiger partial charge is 0.0104 e. The lowest BCUT2D eigenvalue weighted by Gasteiger charge is -2.36. The molecule has 0 radical (unpaired) electrons. The van der Waals surface area contributed by atoms with E-state index in [2.05, 4.69) is 22.2 Å². The van der Waals surface area contributed by atoms with Crippen LogP contribution < -0.4 is 5.32 Å². The third-order valence-electron chi connectivity index (χ3n) is 5.94. The fraction of sp³-hybridized carbons (Fsp3) is 1.00. The van der Waals surface area contributed by atoms with Gasteiger partial charge in [-0.15, -0.1) is 0 Å². The molecule has 1 saturated carbocycles. The van der Waals surface area contributed by atoms with Gasteiger partial charge < -0.3 is 15.1 Å². The van der Waals surface area contributed by atoms with E-state index in [4.69, 9.17) is 0 Å². The first-order chi connectivity index (χ1) is 9.85. The van der Waals surface area contributed by atoms with E-state index in [9.17, 15) is 0 Å². The molecule has 0 aromatic rings. The Morgan fingerprint density at radius 1 is 0.800 bits per heavy atom. The van der Waals surface area contributed by atoms with E-state index in [1.54, 1.807) is 0 Å². The maximum Gasteiger partial charge on any atom is 0.0104 e. The van der Waals surface area contributed by atoms with Crippen LogP contribution in [0.3, 0.4) is 0 Å². The molecular formula is C17H33N3. The van der Waals surface area contributed by atoms with Crippen molar-refractivity contribution in [3.05, 3.63) is 0 Å². The Kier molecular flexibility index (Phi) is 5.36. The molecule has 1 aliphatic carbocycles. The van der Waals surface area contributed by atoms with Crippen molar-refractivity contribution in [2.45, 2.75) is 51.0 Å². The Balaban J connectivity index is 1.37. The summed E-state index contributed by atoms with van der Waals surface area (Å²) >= 11 is 0. The van der Waals surface area contributed by atoms with Gasteiger partial charge in [0, 0.05) is 19.1 Å². The molecule has 3 rings (SSSR count). The van der Waals surface area contributed by atoms with Gasteiger partial charge in [-0.25, -0.2) is 0 Å². The zero-order chi connectivity index (χ0) is 13.8. The topological polar surface area (TPSA) is 18.5 Å². The van der Waals surface area contributed by atoms with E-state index >= 15 is 0 Å². The third-order valence-corrected chi connectivity index (χ3v) is 5.94. The Hall–Kier alpha value is -0.120. The molecule has 116 valence electrons. The Morgan fingerprint density at radius 3 is 2.20 bits per heavy atom. The van der Waals surface area contributed by atoms with Gasteiger partial charge in [-0.3, -0.25) is 0 Å². The number of hydrogen-bond acceptors (Lipinski definition) is 3. The molecule has 3 aliphatic rings. The molecule has 0 spiro atoms. The van der Waals surface area contributed by atoms with Gasteiger partial charge in [0.1, 0.15) is 0 Å². The van der Waals surface area contributed by atoms with Crippen LogP contribution in [-0.4, -0.2) is 62.2 Å². The summed E-state index contributed by atoms with van der Waals surface area (Å²) < 4.78 is 0. The molecule has 3 nitrogen and oxygen atoms in total. The van der Waals surface area contributed by atoms with E-state index in [0.29, 0.717) is 0 Å². The molecule has 2 atom stereocenters. The Bertz CT molecular complexity index is 280. The van der Waals surface area contributed by atoms with Crippen LogP contribution in [-0.2, 0) is 0 Å². The number of likely N-dealkylation sites (tertiary alicyclic amines) is 2. The highest BCUT2D eigenvalue weighted by Gasteiger charge is 2.29. The predicted molar refractivity (Wildman–Crippen MR) is 85.0 cm³/mol. The lowest BCUT2D eigenvalue weighted by atomic mass is 9.94. The summed E-state index contributed by atoms with van der Waals surface area (Å²) in [5.74, 6) is 1.89. The summed E-state index contributed by atoms with van der Waals surface area (Å²) in [6.07, 6.45) is 10.0. The van der Waals surface area contributed by atoms with Gasteiger partial charge in [-0.05, 0) is 83.6 Å². The molecule has 1 N–H and O–H groups in total. The van der Waals surface area contributed by atoms with E-state index in [1.807, 2.05) is 0 Å². The van der Waals surface area contributed by atoms with E-state index < -0.39 is 0 Å². The molecule has 3 fully saturated rings. The second-order valence-electron chi connectivity index (χ2n) is 7.34. The quantitative estimate of drug-likeness (QED) is 0.832. The van der Waals surface area contributed by atoms with Crippen molar-refractivity contribution in [1.82, 2.24) is 15.1 Å². The molecule has 2 aliphatic heterocycles.